The summed E-state index contributed by atoms with van der Waals surface area (Å²) >= 11 is 0. The Morgan fingerprint density at radius 2 is 0.554 bits per heavy atom. The number of hydrogen-bond acceptors (Lipinski definition) is 10. The first-order valence-corrected chi connectivity index (χ1v) is 30.9. The number of hydrogen-bond donors (Lipinski definition) is 2. The van der Waals surface area contributed by atoms with Crippen molar-refractivity contribution >= 4 is 25.0 Å². The molecule has 448 valence electrons. The molecule has 74 heavy (non-hydrogen) atoms. The number of carbonyl (C=O) groups excluding carboxylic acids is 2. The number of aldehydes is 2. The van der Waals surface area contributed by atoms with E-state index in [1.165, 1.54) is 173 Å². The topological polar surface area (TPSA) is 148 Å². The van der Waals surface area contributed by atoms with Gasteiger partial charge in [-0.1, -0.05) is 259 Å². The lowest BCUT2D eigenvalue weighted by atomic mass is 10.2. The Labute approximate surface area is 465 Å². The molecule has 0 unspecified atom stereocenters. The van der Waals surface area contributed by atoms with Crippen LogP contribution in [0, 0.1) is 0 Å². The fourth-order valence-electron chi connectivity index (χ4n) is 5.14. The summed E-state index contributed by atoms with van der Waals surface area (Å²) in [7, 11) is 0. The van der Waals surface area contributed by atoms with E-state index in [-0.39, 0.29) is 0 Å². The molecular formula is C64H136N4O6. The molecule has 0 bridgehead atoms. The molecule has 0 atom stereocenters. The fraction of sp³-hybridized carbons (Fsp3) is 0.844. The van der Waals surface area contributed by atoms with Crippen LogP contribution < -0.4 is 11.8 Å². The minimum Gasteiger partial charge on any atom is -0.396 e. The molecule has 4 N–H and O–H groups in total. The number of unbranched alkanes of at least 4 members (excludes halogenated alkanes) is 26. The van der Waals surface area contributed by atoms with Crippen molar-refractivity contribution in [3.05, 3.63) is 37.5 Å². The number of nitrogens with zero attached hydrogens (tertiary/aromatic N) is 2. The average molecular weight is 1060 g/mol. The van der Waals surface area contributed by atoms with Crippen LogP contribution in [0.25, 0.3) is 0 Å². The van der Waals surface area contributed by atoms with E-state index in [2.05, 4.69) is 128 Å². The lowest BCUT2D eigenvalue weighted by molar-refractivity contribution is -0.108. The Kier molecular flexibility index (Phi) is 146. The second-order valence-electron chi connectivity index (χ2n) is 18.0. The largest absolute Gasteiger partial charge is 0.396 e. The maximum atomic E-state index is 9.68. The van der Waals surface area contributed by atoms with Crippen LogP contribution in [-0.2, 0) is 28.9 Å². The summed E-state index contributed by atoms with van der Waals surface area (Å²) in [6.45, 7) is 36.2. The summed E-state index contributed by atoms with van der Waals surface area (Å²) in [6.07, 6.45) is 59.4. The molecule has 0 aromatic rings. The van der Waals surface area contributed by atoms with Crippen molar-refractivity contribution in [3.8, 4) is 0 Å². The average Bonchev–Trinajstić information content (AvgIpc) is 3.42. The quantitative estimate of drug-likeness (QED) is 0.0201. The third-order valence-electron chi connectivity index (χ3n) is 10.1. The first kappa shape index (κ1) is 90.8. The maximum Gasteiger partial charge on any atom is 0.119 e. The van der Waals surface area contributed by atoms with Gasteiger partial charge in [0.15, 0.2) is 0 Å². The van der Waals surface area contributed by atoms with Gasteiger partial charge < -0.3 is 28.9 Å². The van der Waals surface area contributed by atoms with E-state index in [1.54, 1.807) is 0 Å². The van der Waals surface area contributed by atoms with E-state index in [0.29, 0.717) is 13.2 Å². The first-order valence-electron chi connectivity index (χ1n) is 30.9. The van der Waals surface area contributed by atoms with E-state index in [1.807, 2.05) is 24.6 Å². The van der Waals surface area contributed by atoms with Crippen molar-refractivity contribution in [3.63, 3.8) is 0 Å². The van der Waals surface area contributed by atoms with Crippen LogP contribution in [0.15, 0.2) is 47.8 Å². The minimum atomic E-state index is 0.702. The van der Waals surface area contributed by atoms with E-state index < -0.39 is 0 Å². The Hall–Kier alpha value is -2.66. The highest BCUT2D eigenvalue weighted by Gasteiger charge is 1.87. The molecule has 0 radical (unpaired) electrons. The van der Waals surface area contributed by atoms with Crippen LogP contribution in [0.5, 0.6) is 0 Å². The second kappa shape index (κ2) is 119. The maximum absolute atomic E-state index is 9.68. The molecule has 0 aliphatic heterocycles. The van der Waals surface area contributed by atoms with Gasteiger partial charge in [0, 0.05) is 25.3 Å². The van der Waals surface area contributed by atoms with Gasteiger partial charge in [-0.3, -0.25) is 0 Å². The highest BCUT2D eigenvalue weighted by molar-refractivity contribution is 5.56. The van der Waals surface area contributed by atoms with Gasteiger partial charge in [-0.25, -0.2) is 11.8 Å². The van der Waals surface area contributed by atoms with Crippen molar-refractivity contribution in [1.82, 2.24) is 0 Å². The van der Waals surface area contributed by atoms with Gasteiger partial charge in [-0.2, -0.15) is 0 Å². The Bertz CT molecular complexity index is 879. The highest BCUT2D eigenvalue weighted by Crippen LogP contribution is 2.01. The smallest absolute Gasteiger partial charge is 0.119 e. The van der Waals surface area contributed by atoms with Gasteiger partial charge in [0.2, 0.25) is 0 Å². The summed E-state index contributed by atoms with van der Waals surface area (Å²) in [4.78, 5) is 38.1. The summed E-state index contributed by atoms with van der Waals surface area (Å²) in [5.74, 6) is 9.54. The molecule has 0 saturated carbocycles. The normalized spacial score (nSPS) is 9.76. The van der Waals surface area contributed by atoms with E-state index in [9.17, 15) is 9.59 Å². The molecule has 0 aromatic carbocycles. The lowest BCUT2D eigenvalue weighted by Crippen LogP contribution is -1.99. The van der Waals surface area contributed by atoms with Crippen LogP contribution in [0.1, 0.15) is 327 Å². The third kappa shape index (κ3) is 165. The molecule has 0 spiro atoms. The molecule has 0 saturated heterocycles. The molecule has 0 aliphatic carbocycles. The molecular weight excluding hydrogens is 921 g/mol. The number of rotatable bonds is 44. The second-order valence-corrected chi connectivity index (χ2v) is 18.0. The Morgan fingerprint density at radius 1 is 0.311 bits per heavy atom. The Morgan fingerprint density at radius 3 is 0.824 bits per heavy atom. The minimum absolute atomic E-state index is 0.702. The molecule has 0 amide bonds. The third-order valence-corrected chi connectivity index (χ3v) is 10.1. The van der Waals surface area contributed by atoms with Crippen molar-refractivity contribution in [2.24, 2.45) is 22.1 Å². The van der Waals surface area contributed by atoms with Crippen LogP contribution >= 0.6 is 0 Å². The predicted octanol–water partition coefficient (Wildman–Crippen LogP) is 21.1. The van der Waals surface area contributed by atoms with Gasteiger partial charge in [0.05, 0.1) is 13.2 Å². The van der Waals surface area contributed by atoms with E-state index >= 15 is 0 Å². The number of oxime groups is 2. The molecule has 0 aliphatic rings. The standard InChI is InChI=1S/C11H23NO.C10H21NO.C10H20.C6H12O.2C6H12.2C5H13NO.C5H10O/c1-3-5-7-8-10-12-13-11-9-6-4-2;1-3-5-7-9-11-12-10-8-6-4-2;1-3-5-7-9-10-8-6-4-2;1-2-3-4-5-6-7;2*1-3-5-6-4-2;2*1-2-3-4-5-7-6;1-2-3-4-5-6/h10H,3-9,11H2,1-2H3;9H,3-8,10H2,1-2H3;9-10H,3-8H2,1-2H3;6H,2-5H2,1H3;2*3H,1,4-6H2,2H3;2*2-6H2,1H3;5H,2-4H2,1H3/b;11-9+;10-9+;;;;;;. The molecule has 0 rings (SSSR count). The first-order chi connectivity index (χ1) is 36.2. The van der Waals surface area contributed by atoms with Crippen molar-refractivity contribution < 1.29 is 28.9 Å². The molecule has 10 heteroatoms. The van der Waals surface area contributed by atoms with Crippen molar-refractivity contribution in [1.29, 1.82) is 0 Å². The van der Waals surface area contributed by atoms with Gasteiger partial charge >= 0.3 is 0 Å². The fourth-order valence-corrected chi connectivity index (χ4v) is 5.14. The predicted molar refractivity (Wildman–Crippen MR) is 334 cm³/mol. The number of nitrogens with two attached hydrogens (primary N) is 2. The molecule has 0 heterocycles. The monoisotopic (exact) mass is 1060 g/mol. The van der Waals surface area contributed by atoms with Gasteiger partial charge in [0.25, 0.3) is 0 Å². The van der Waals surface area contributed by atoms with Gasteiger partial charge in [0.1, 0.15) is 25.8 Å². The summed E-state index contributed by atoms with van der Waals surface area (Å²) in [6, 6.07) is 0. The van der Waals surface area contributed by atoms with E-state index in [0.717, 1.165) is 96.4 Å². The van der Waals surface area contributed by atoms with Crippen LogP contribution in [-0.4, -0.2) is 51.4 Å². The zero-order valence-electron chi connectivity index (χ0n) is 52.2. The van der Waals surface area contributed by atoms with Crippen molar-refractivity contribution in [2.75, 3.05) is 26.4 Å². The molecule has 10 nitrogen and oxygen atoms in total. The zero-order chi connectivity index (χ0) is 57.6. The zero-order valence-corrected chi connectivity index (χ0v) is 52.2. The highest BCUT2D eigenvalue weighted by atomic mass is 16.6. The molecule has 0 aromatic heterocycles. The van der Waals surface area contributed by atoms with Crippen molar-refractivity contribution in [2.45, 2.75) is 327 Å². The van der Waals surface area contributed by atoms with Crippen LogP contribution in [0.3, 0.4) is 0 Å². The number of carbonyl (C=O) groups is 2. The summed E-state index contributed by atoms with van der Waals surface area (Å²) < 4.78 is 0. The summed E-state index contributed by atoms with van der Waals surface area (Å²) in [5, 5.41) is 7.75. The van der Waals surface area contributed by atoms with E-state index in [4.69, 9.17) is 21.5 Å². The lowest BCUT2D eigenvalue weighted by Gasteiger charge is -1.96. The van der Waals surface area contributed by atoms with Crippen LogP contribution in [0.2, 0.25) is 0 Å². The summed E-state index contributed by atoms with van der Waals surface area (Å²) in [5.41, 5.74) is 0. The van der Waals surface area contributed by atoms with Gasteiger partial charge in [-0.15, -0.1) is 13.2 Å². The van der Waals surface area contributed by atoms with Gasteiger partial charge in [-0.05, 0) is 89.9 Å². The SMILES string of the molecule is C=CCCCC.C=CCCCC.CCCC/C=C/CCCC.CCCC/C=N/OCCCCC.CCCCC=O.CCCCCC=NOCCCCC.CCCCCC=O.CCCCCON.CCCCCON. The molecule has 0 fully saturated rings. The Balaban J connectivity index is -0.0000000932. The van der Waals surface area contributed by atoms with Crippen LogP contribution in [0.4, 0.5) is 0 Å². The number of allylic oxidation sites excluding steroid dienone is 4.